The van der Waals surface area contributed by atoms with Crippen LogP contribution in [0.3, 0.4) is 0 Å². The van der Waals surface area contributed by atoms with Gasteiger partial charge in [-0.05, 0) is 0 Å². The topological polar surface area (TPSA) is 35.6 Å². The average molecular weight is 787 g/mol. The van der Waals surface area contributed by atoms with E-state index in [1.807, 2.05) is 0 Å². The van der Waals surface area contributed by atoms with Crippen molar-refractivity contribution in [2.45, 2.75) is 0 Å². The molecule has 0 saturated heterocycles. The van der Waals surface area contributed by atoms with Gasteiger partial charge in [0.05, 0.1) is 0 Å². The molecule has 57 heavy (non-hydrogen) atoms. The molecule has 4 heterocycles. The van der Waals surface area contributed by atoms with Crippen molar-refractivity contribution in [3.8, 4) is 34.0 Å². The summed E-state index contributed by atoms with van der Waals surface area (Å²) < 4.78 is 10.2. The molecule has 0 unspecified atom stereocenters. The third-order valence-corrected chi connectivity index (χ3v) is 21.9. The Kier molecular flexibility index (Phi) is 7.07. The molecular formula is C52H34GeN4. The molecule has 4 nitrogen and oxygen atoms in total. The summed E-state index contributed by atoms with van der Waals surface area (Å²) >= 11 is -3.75. The molecule has 0 N–H and O–H groups in total. The summed E-state index contributed by atoms with van der Waals surface area (Å²) in [5, 5.41) is 4.87. The van der Waals surface area contributed by atoms with Crippen molar-refractivity contribution in [2.75, 3.05) is 0 Å². The van der Waals surface area contributed by atoms with Crippen molar-refractivity contribution in [3.63, 3.8) is 0 Å². The summed E-state index contributed by atoms with van der Waals surface area (Å²) in [5.74, 6) is 1.66. The molecule has 3 aromatic heterocycles. The predicted octanol–water partition coefficient (Wildman–Crippen LogP) is 9.70. The minimum absolute atomic E-state index is 0.740. The Morgan fingerprint density at radius 3 is 1.67 bits per heavy atom. The Bertz CT molecular complexity index is 3290. The average Bonchev–Trinajstić information content (AvgIpc) is 3.92. The van der Waals surface area contributed by atoms with Crippen LogP contribution in [-0.4, -0.2) is 32.4 Å². The van der Waals surface area contributed by atoms with Crippen LogP contribution in [0.25, 0.3) is 77.6 Å². The van der Waals surface area contributed by atoms with Crippen LogP contribution < -0.4 is 17.7 Å². The van der Waals surface area contributed by atoms with Gasteiger partial charge in [0.1, 0.15) is 0 Å². The Hall–Kier alpha value is -7.02. The third-order valence-electron chi connectivity index (χ3n) is 12.0. The molecule has 11 aromatic rings. The molecule has 12 rings (SSSR count). The van der Waals surface area contributed by atoms with E-state index in [-0.39, 0.29) is 0 Å². The van der Waals surface area contributed by atoms with Crippen LogP contribution in [0, 0.1) is 0 Å². The van der Waals surface area contributed by atoms with Gasteiger partial charge >= 0.3 is 334 Å². The van der Waals surface area contributed by atoms with Gasteiger partial charge in [-0.15, -0.1) is 0 Å². The van der Waals surface area contributed by atoms with E-state index in [2.05, 4.69) is 215 Å². The maximum atomic E-state index is 5.76. The summed E-state index contributed by atoms with van der Waals surface area (Å²) in [6.45, 7) is 0. The molecule has 0 atom stereocenters. The van der Waals surface area contributed by atoms with Gasteiger partial charge in [-0.25, -0.2) is 0 Å². The molecule has 0 fully saturated rings. The maximum absolute atomic E-state index is 5.76. The van der Waals surface area contributed by atoms with Gasteiger partial charge in [-0.2, -0.15) is 0 Å². The van der Waals surface area contributed by atoms with Gasteiger partial charge in [-0.1, -0.05) is 0 Å². The van der Waals surface area contributed by atoms with E-state index in [4.69, 9.17) is 9.97 Å². The summed E-state index contributed by atoms with van der Waals surface area (Å²) in [4.78, 5) is 11.5. The van der Waals surface area contributed by atoms with Crippen LogP contribution in [-0.2, 0) is 0 Å². The van der Waals surface area contributed by atoms with Crippen molar-refractivity contribution < 1.29 is 0 Å². The number of aromatic nitrogens is 4. The predicted molar refractivity (Wildman–Crippen MR) is 239 cm³/mol. The third kappa shape index (κ3) is 4.50. The van der Waals surface area contributed by atoms with Crippen LogP contribution in [0.1, 0.15) is 0 Å². The molecule has 0 bridgehead atoms. The van der Waals surface area contributed by atoms with E-state index in [0.717, 1.165) is 39.5 Å². The molecule has 1 aliphatic heterocycles. The molecule has 266 valence electrons. The normalized spacial score (nSPS) is 13.1. The SMILES string of the molecule is c1ccc(-c2nc(-n3c4ccccc4c4c3ccc3c5ccccc5n(-c5ccccc5)c34)c3[c](n2)[Ge]([c]2ccccc2)([c]2ccccc2)[c]2ccccc2-3)cc1. The monoisotopic (exact) mass is 788 g/mol. The van der Waals surface area contributed by atoms with Crippen molar-refractivity contribution in [1.82, 2.24) is 19.1 Å². The Morgan fingerprint density at radius 2 is 0.965 bits per heavy atom. The van der Waals surface area contributed by atoms with Gasteiger partial charge in [0.15, 0.2) is 0 Å². The van der Waals surface area contributed by atoms with E-state index >= 15 is 0 Å². The zero-order chi connectivity index (χ0) is 37.5. The summed E-state index contributed by atoms with van der Waals surface area (Å²) in [7, 11) is 0. The minimum atomic E-state index is -3.75. The van der Waals surface area contributed by atoms with Crippen molar-refractivity contribution >= 4 is 74.6 Å². The molecule has 0 saturated carbocycles. The van der Waals surface area contributed by atoms with Crippen molar-refractivity contribution in [1.29, 1.82) is 0 Å². The molecule has 0 aliphatic carbocycles. The molecule has 8 aromatic carbocycles. The number of para-hydroxylation sites is 3. The second-order valence-electron chi connectivity index (χ2n) is 14.9. The van der Waals surface area contributed by atoms with Gasteiger partial charge < -0.3 is 0 Å². The fourth-order valence-electron chi connectivity index (χ4n) is 9.71. The van der Waals surface area contributed by atoms with Gasteiger partial charge in [0, 0.05) is 0 Å². The van der Waals surface area contributed by atoms with Gasteiger partial charge in [0.25, 0.3) is 0 Å². The second-order valence-corrected chi connectivity index (χ2v) is 22.6. The number of benzene rings is 8. The first-order valence-electron chi connectivity index (χ1n) is 19.5. The van der Waals surface area contributed by atoms with Crippen LogP contribution in [0.4, 0.5) is 0 Å². The van der Waals surface area contributed by atoms with Crippen LogP contribution in [0.5, 0.6) is 0 Å². The van der Waals surface area contributed by atoms with Gasteiger partial charge in [0.2, 0.25) is 0 Å². The molecule has 0 amide bonds. The Labute approximate surface area is 332 Å². The van der Waals surface area contributed by atoms with E-state index in [1.54, 1.807) is 0 Å². The first kappa shape index (κ1) is 32.2. The second kappa shape index (κ2) is 12.5. The molecule has 0 spiro atoms. The number of rotatable bonds is 5. The molecule has 5 heteroatoms. The fraction of sp³-hybridized carbons (Fsp3) is 0. The fourth-order valence-corrected chi connectivity index (χ4v) is 20.2. The first-order chi connectivity index (χ1) is 28.3. The van der Waals surface area contributed by atoms with Crippen LogP contribution in [0.15, 0.2) is 206 Å². The van der Waals surface area contributed by atoms with E-state index in [1.165, 1.54) is 55.9 Å². The van der Waals surface area contributed by atoms with Crippen molar-refractivity contribution in [3.05, 3.63) is 206 Å². The number of hydrogen-bond acceptors (Lipinski definition) is 2. The van der Waals surface area contributed by atoms with Crippen LogP contribution >= 0.6 is 0 Å². The van der Waals surface area contributed by atoms with Crippen LogP contribution in [0.2, 0.25) is 0 Å². The number of hydrogen-bond donors (Lipinski definition) is 0. The zero-order valence-electron chi connectivity index (χ0n) is 30.9. The number of fused-ring (bicyclic) bond motifs is 10. The summed E-state index contributed by atoms with van der Waals surface area (Å²) in [5.41, 5.74) is 9.11. The quantitative estimate of drug-likeness (QED) is 0.163. The standard InChI is InChI=1S/C52H34GeN4/c1-5-19-35(20-6-1)51-54-50-48(41-28-13-16-30-43(41)53(50,36-21-7-2-8-22-36)37-23-9-3-10-24-37)52(55-51)57-45-32-18-15-29-42(45)47-46(57)34-33-40-39-27-14-17-31-44(39)56(49(40)47)38-25-11-4-12-26-38/h1-34H. The first-order valence-corrected chi connectivity index (χ1v) is 23.7. The van der Waals surface area contributed by atoms with E-state index in [9.17, 15) is 0 Å². The zero-order valence-corrected chi connectivity index (χ0v) is 33.0. The number of nitrogens with zero attached hydrogens (tertiary/aromatic N) is 4. The molecular weight excluding hydrogens is 753 g/mol. The summed E-state index contributed by atoms with van der Waals surface area (Å²) in [6, 6.07) is 75.0. The van der Waals surface area contributed by atoms with E-state index in [0.29, 0.717) is 0 Å². The Morgan fingerprint density at radius 1 is 0.404 bits per heavy atom. The van der Waals surface area contributed by atoms with Gasteiger partial charge in [-0.3, -0.25) is 0 Å². The molecule has 0 radical (unpaired) electrons. The summed E-state index contributed by atoms with van der Waals surface area (Å²) in [6.07, 6.45) is 0. The van der Waals surface area contributed by atoms with Crippen molar-refractivity contribution in [2.24, 2.45) is 0 Å². The Balaban J connectivity index is 1.29. The molecule has 1 aliphatic rings. The van der Waals surface area contributed by atoms with E-state index < -0.39 is 13.3 Å².